The van der Waals surface area contributed by atoms with Crippen LogP contribution in [0.1, 0.15) is 72.6 Å². The van der Waals surface area contributed by atoms with Gasteiger partial charge in [-0.2, -0.15) is 5.10 Å². The van der Waals surface area contributed by atoms with Gasteiger partial charge in [0.05, 0.1) is 17.9 Å². The Hall–Kier alpha value is -2.41. The number of anilines is 1. The molecule has 1 aliphatic heterocycles. The lowest BCUT2D eigenvalue weighted by atomic mass is 9.91. The van der Waals surface area contributed by atoms with Crippen molar-refractivity contribution in [3.63, 3.8) is 0 Å². The van der Waals surface area contributed by atoms with Crippen molar-refractivity contribution in [2.24, 2.45) is 5.41 Å². The molecule has 1 saturated heterocycles. The van der Waals surface area contributed by atoms with Gasteiger partial charge in [-0.25, -0.2) is 9.07 Å². The number of carbonyl (C=O) groups is 1. The summed E-state index contributed by atoms with van der Waals surface area (Å²) in [5.74, 6) is 0.971. The molecule has 1 aliphatic rings. The van der Waals surface area contributed by atoms with Gasteiger partial charge < -0.3 is 9.80 Å². The highest BCUT2D eigenvalue weighted by molar-refractivity contribution is 5.77. The first-order valence-electron chi connectivity index (χ1n) is 13.2. The second-order valence-corrected chi connectivity index (χ2v) is 11.2. The van der Waals surface area contributed by atoms with E-state index in [1.165, 1.54) is 12.1 Å². The third kappa shape index (κ3) is 6.84. The Morgan fingerprint density at radius 2 is 1.71 bits per heavy atom. The normalized spacial score (nSPS) is 15.2. The molecule has 1 aromatic carbocycles. The number of carbonyl (C=O) groups excluding carboxylic acids is 1. The van der Waals surface area contributed by atoms with Crippen LogP contribution in [0, 0.1) is 11.2 Å². The number of amides is 1. The van der Waals surface area contributed by atoms with Gasteiger partial charge in [-0.05, 0) is 56.4 Å². The Kier molecular flexibility index (Phi) is 8.97. The zero-order valence-electron chi connectivity index (χ0n) is 22.8. The van der Waals surface area contributed by atoms with Crippen LogP contribution >= 0.6 is 0 Å². The molecule has 3 rings (SSSR count). The fourth-order valence-corrected chi connectivity index (χ4v) is 4.79. The number of aromatic nitrogens is 2. The Morgan fingerprint density at radius 3 is 2.23 bits per heavy atom. The third-order valence-electron chi connectivity index (χ3n) is 6.67. The van der Waals surface area contributed by atoms with Crippen molar-refractivity contribution in [3.8, 4) is 5.69 Å². The average Bonchev–Trinajstić information content (AvgIpc) is 3.16. The number of halogens is 1. The van der Waals surface area contributed by atoms with Crippen LogP contribution in [0.15, 0.2) is 24.3 Å². The molecule has 0 unspecified atom stereocenters. The average molecular weight is 486 g/mol. The Morgan fingerprint density at radius 1 is 1.09 bits per heavy atom. The highest BCUT2D eigenvalue weighted by Gasteiger charge is 2.29. The number of rotatable bonds is 9. The first kappa shape index (κ1) is 27.2. The minimum atomic E-state index is -0.258. The molecule has 7 heteroatoms. The summed E-state index contributed by atoms with van der Waals surface area (Å²) in [5.41, 5.74) is 2.90. The summed E-state index contributed by atoms with van der Waals surface area (Å²) in [6.07, 6.45) is 2.20. The van der Waals surface area contributed by atoms with Gasteiger partial charge in [0.2, 0.25) is 5.91 Å². The summed E-state index contributed by atoms with van der Waals surface area (Å²) in [6.45, 7) is 20.1. The molecule has 0 radical (unpaired) electrons. The van der Waals surface area contributed by atoms with E-state index in [-0.39, 0.29) is 17.1 Å². The van der Waals surface area contributed by atoms with Crippen LogP contribution in [0.25, 0.3) is 5.69 Å². The van der Waals surface area contributed by atoms with Crippen molar-refractivity contribution in [1.82, 2.24) is 19.6 Å². The lowest BCUT2D eigenvalue weighted by Gasteiger charge is -2.38. The monoisotopic (exact) mass is 485 g/mol. The van der Waals surface area contributed by atoms with Crippen LogP contribution < -0.4 is 4.90 Å². The zero-order valence-corrected chi connectivity index (χ0v) is 22.8. The molecule has 2 aromatic rings. The molecule has 0 N–H and O–H groups in total. The highest BCUT2D eigenvalue weighted by Crippen LogP contribution is 2.31. The van der Waals surface area contributed by atoms with E-state index in [1.54, 1.807) is 12.1 Å². The number of nitrogens with zero attached hydrogens (tertiary/aromatic N) is 5. The smallest absolute Gasteiger partial charge is 0.223 e. The minimum absolute atomic E-state index is 0.0645. The predicted molar refractivity (Wildman–Crippen MR) is 142 cm³/mol. The van der Waals surface area contributed by atoms with Gasteiger partial charge in [0.1, 0.15) is 11.6 Å². The van der Waals surface area contributed by atoms with E-state index < -0.39 is 0 Å². The van der Waals surface area contributed by atoms with Crippen molar-refractivity contribution < 1.29 is 9.18 Å². The molecular formula is C28H44FN5O. The molecule has 0 saturated carbocycles. The van der Waals surface area contributed by atoms with Crippen LogP contribution in [0.4, 0.5) is 10.2 Å². The number of piperazine rings is 1. The van der Waals surface area contributed by atoms with E-state index in [9.17, 15) is 9.18 Å². The van der Waals surface area contributed by atoms with Gasteiger partial charge in [0.25, 0.3) is 0 Å². The van der Waals surface area contributed by atoms with Crippen LogP contribution in [0.5, 0.6) is 0 Å². The molecule has 1 aromatic heterocycles. The van der Waals surface area contributed by atoms with E-state index in [2.05, 4.69) is 58.3 Å². The van der Waals surface area contributed by atoms with Gasteiger partial charge in [-0.1, -0.05) is 34.6 Å². The molecule has 1 amide bonds. The number of aryl methyl sites for hydroxylation is 1. The maximum Gasteiger partial charge on any atom is 0.223 e. The second kappa shape index (κ2) is 11.5. The van der Waals surface area contributed by atoms with Gasteiger partial charge >= 0.3 is 0 Å². The number of hydrogen-bond acceptors (Lipinski definition) is 4. The van der Waals surface area contributed by atoms with Gasteiger partial charge in [0, 0.05) is 50.7 Å². The molecule has 0 atom stereocenters. The molecule has 2 heterocycles. The summed E-state index contributed by atoms with van der Waals surface area (Å²) in [5, 5.41) is 5.01. The minimum Gasteiger partial charge on any atom is -0.354 e. The zero-order chi connectivity index (χ0) is 25.8. The summed E-state index contributed by atoms with van der Waals surface area (Å²) in [7, 11) is 0. The molecule has 1 fully saturated rings. The van der Waals surface area contributed by atoms with Crippen LogP contribution in [-0.4, -0.2) is 64.3 Å². The SMILES string of the molecule is CCCN(Cc1c(CC)nn(-c2ccc(F)cc2)c1N1CCN(C(C)C)CC1)C(=O)CC(C)(C)C. The predicted octanol–water partition coefficient (Wildman–Crippen LogP) is 5.28. The topological polar surface area (TPSA) is 44.6 Å². The van der Waals surface area contributed by atoms with Crippen molar-refractivity contribution in [1.29, 1.82) is 0 Å². The Bertz CT molecular complexity index is 968. The van der Waals surface area contributed by atoms with E-state index in [4.69, 9.17) is 5.10 Å². The van der Waals surface area contributed by atoms with Gasteiger partial charge in [0.15, 0.2) is 0 Å². The largest absolute Gasteiger partial charge is 0.354 e. The first-order valence-corrected chi connectivity index (χ1v) is 13.2. The molecule has 194 valence electrons. The molecule has 35 heavy (non-hydrogen) atoms. The summed E-state index contributed by atoms with van der Waals surface area (Å²) >= 11 is 0. The fraction of sp³-hybridized carbons (Fsp3) is 0.643. The molecular weight excluding hydrogens is 441 g/mol. The van der Waals surface area contributed by atoms with Crippen molar-refractivity contribution in [2.45, 2.75) is 80.3 Å². The van der Waals surface area contributed by atoms with E-state index in [1.807, 2.05) is 9.58 Å². The van der Waals surface area contributed by atoms with E-state index in [0.29, 0.717) is 19.0 Å². The Labute approximate surface area is 211 Å². The van der Waals surface area contributed by atoms with Crippen molar-refractivity contribution in [2.75, 3.05) is 37.6 Å². The quantitative estimate of drug-likeness (QED) is 0.485. The van der Waals surface area contributed by atoms with Crippen LogP contribution in [-0.2, 0) is 17.8 Å². The summed E-state index contributed by atoms with van der Waals surface area (Å²) in [4.78, 5) is 20.2. The first-order chi connectivity index (χ1) is 16.5. The maximum absolute atomic E-state index is 13.7. The fourth-order valence-electron chi connectivity index (χ4n) is 4.79. The molecule has 6 nitrogen and oxygen atoms in total. The van der Waals surface area contributed by atoms with Crippen molar-refractivity contribution in [3.05, 3.63) is 41.3 Å². The molecule has 0 spiro atoms. The third-order valence-corrected chi connectivity index (χ3v) is 6.67. The summed E-state index contributed by atoms with van der Waals surface area (Å²) < 4.78 is 15.7. The van der Waals surface area contributed by atoms with E-state index >= 15 is 0 Å². The highest BCUT2D eigenvalue weighted by atomic mass is 19.1. The summed E-state index contributed by atoms with van der Waals surface area (Å²) in [6, 6.07) is 7.06. The van der Waals surface area contributed by atoms with Crippen LogP contribution in [0.2, 0.25) is 0 Å². The lowest BCUT2D eigenvalue weighted by molar-refractivity contribution is -0.133. The second-order valence-electron chi connectivity index (χ2n) is 11.2. The molecule has 0 aliphatic carbocycles. The van der Waals surface area contributed by atoms with Crippen LogP contribution in [0.3, 0.4) is 0 Å². The maximum atomic E-state index is 13.7. The van der Waals surface area contributed by atoms with Gasteiger partial charge in [-0.15, -0.1) is 0 Å². The molecule has 0 bridgehead atoms. The number of benzene rings is 1. The lowest BCUT2D eigenvalue weighted by Crippen LogP contribution is -2.49. The number of hydrogen-bond donors (Lipinski definition) is 0. The van der Waals surface area contributed by atoms with Crippen molar-refractivity contribution >= 4 is 11.7 Å². The standard InChI is InChI=1S/C28H44FN5O/c1-8-14-33(26(35)19-28(5,6)7)20-24-25(9-2)30-34(23-12-10-22(29)11-13-23)27(24)32-17-15-31(16-18-32)21(3)4/h10-13,21H,8-9,14-20H2,1-7H3. The van der Waals surface area contributed by atoms with E-state index in [0.717, 1.165) is 68.3 Å². The van der Waals surface area contributed by atoms with Gasteiger partial charge in [-0.3, -0.25) is 9.69 Å². The Balaban J connectivity index is 2.05.